The van der Waals surface area contributed by atoms with Crippen molar-refractivity contribution in [2.24, 2.45) is 7.05 Å². The van der Waals surface area contributed by atoms with Gasteiger partial charge in [0.15, 0.2) is 0 Å². The van der Waals surface area contributed by atoms with Gasteiger partial charge in [0, 0.05) is 23.7 Å². The fraction of sp³-hybridized carbons (Fsp3) is 0.100. The maximum absolute atomic E-state index is 6.11. The summed E-state index contributed by atoms with van der Waals surface area (Å²) < 4.78 is 1.75. The number of thiol groups is 1. The van der Waals surface area contributed by atoms with E-state index in [1.54, 1.807) is 4.68 Å². The maximum Gasteiger partial charge on any atom is 0.0938 e. The molecule has 0 amide bonds. The molecule has 1 heterocycles. The summed E-state index contributed by atoms with van der Waals surface area (Å²) in [5, 5.41) is 4.93. The van der Waals surface area contributed by atoms with Crippen LogP contribution in [0.25, 0.3) is 11.3 Å². The van der Waals surface area contributed by atoms with Crippen LogP contribution in [0.4, 0.5) is 0 Å². The van der Waals surface area contributed by atoms with Crippen LogP contribution in [0.3, 0.4) is 0 Å². The van der Waals surface area contributed by atoms with Crippen molar-refractivity contribution in [2.75, 3.05) is 0 Å². The van der Waals surface area contributed by atoms with Crippen molar-refractivity contribution in [2.45, 2.75) is 4.90 Å². The molecule has 2 nitrogen and oxygen atoms in total. The summed E-state index contributed by atoms with van der Waals surface area (Å²) in [6, 6.07) is 7.63. The van der Waals surface area contributed by atoms with E-state index in [1.807, 2.05) is 37.5 Å². The highest BCUT2D eigenvalue weighted by molar-refractivity contribution is 7.80. The molecule has 0 aliphatic heterocycles. The molecule has 0 aliphatic rings. The molecule has 72 valence electrons. The van der Waals surface area contributed by atoms with Crippen molar-refractivity contribution in [1.29, 1.82) is 0 Å². The molecule has 0 saturated carbocycles. The average molecular weight is 225 g/mol. The van der Waals surface area contributed by atoms with Gasteiger partial charge in [0.1, 0.15) is 0 Å². The van der Waals surface area contributed by atoms with Gasteiger partial charge >= 0.3 is 0 Å². The van der Waals surface area contributed by atoms with E-state index < -0.39 is 0 Å². The average Bonchev–Trinajstić information content (AvgIpc) is 2.57. The Morgan fingerprint density at radius 3 is 2.79 bits per heavy atom. The van der Waals surface area contributed by atoms with Gasteiger partial charge in [-0.3, -0.25) is 4.68 Å². The molecule has 0 unspecified atom stereocenters. The van der Waals surface area contributed by atoms with Gasteiger partial charge in [0.2, 0.25) is 0 Å². The lowest BCUT2D eigenvalue weighted by molar-refractivity contribution is 0.771. The maximum atomic E-state index is 6.11. The summed E-state index contributed by atoms with van der Waals surface area (Å²) in [6.45, 7) is 0. The first-order valence-electron chi connectivity index (χ1n) is 4.16. The van der Waals surface area contributed by atoms with Crippen LogP contribution in [0, 0.1) is 0 Å². The first-order chi connectivity index (χ1) is 6.68. The zero-order chi connectivity index (χ0) is 10.1. The predicted molar refractivity (Wildman–Crippen MR) is 60.9 cm³/mol. The van der Waals surface area contributed by atoms with Crippen LogP contribution >= 0.6 is 24.2 Å². The standard InChI is InChI=1S/C10H9ClN2S/c1-13-6-5-8(12-13)7-3-2-4-9(14)10(7)11/h2-6,14H,1H3. The Morgan fingerprint density at radius 2 is 2.14 bits per heavy atom. The molecular weight excluding hydrogens is 216 g/mol. The fourth-order valence-corrected chi connectivity index (χ4v) is 1.71. The lowest BCUT2D eigenvalue weighted by atomic mass is 10.1. The van der Waals surface area contributed by atoms with E-state index in [-0.39, 0.29) is 0 Å². The molecule has 0 fully saturated rings. The zero-order valence-corrected chi connectivity index (χ0v) is 9.26. The van der Waals surface area contributed by atoms with Crippen LogP contribution in [0.1, 0.15) is 0 Å². The Hall–Kier alpha value is -0.930. The van der Waals surface area contributed by atoms with E-state index in [2.05, 4.69) is 17.7 Å². The highest BCUT2D eigenvalue weighted by Crippen LogP contribution is 2.31. The second-order valence-electron chi connectivity index (χ2n) is 3.01. The largest absolute Gasteiger partial charge is 0.275 e. The first-order valence-corrected chi connectivity index (χ1v) is 4.98. The Kier molecular flexibility index (Phi) is 2.52. The van der Waals surface area contributed by atoms with Gasteiger partial charge in [-0.1, -0.05) is 23.7 Å². The van der Waals surface area contributed by atoms with Gasteiger partial charge in [0.05, 0.1) is 10.7 Å². The molecule has 2 aromatic rings. The molecule has 4 heteroatoms. The van der Waals surface area contributed by atoms with E-state index in [0.29, 0.717) is 5.02 Å². The molecule has 0 spiro atoms. The number of nitrogens with zero attached hydrogens (tertiary/aromatic N) is 2. The molecular formula is C10H9ClN2S. The molecule has 0 radical (unpaired) electrons. The lowest BCUT2D eigenvalue weighted by Crippen LogP contribution is -1.88. The summed E-state index contributed by atoms with van der Waals surface area (Å²) in [5.41, 5.74) is 1.79. The van der Waals surface area contributed by atoms with Gasteiger partial charge in [-0.25, -0.2) is 0 Å². The van der Waals surface area contributed by atoms with Crippen molar-refractivity contribution in [3.05, 3.63) is 35.5 Å². The highest BCUT2D eigenvalue weighted by atomic mass is 35.5. The van der Waals surface area contributed by atoms with Crippen LogP contribution in [-0.2, 0) is 7.05 Å². The topological polar surface area (TPSA) is 17.8 Å². The van der Waals surface area contributed by atoms with Crippen molar-refractivity contribution >= 4 is 24.2 Å². The van der Waals surface area contributed by atoms with Gasteiger partial charge in [0.25, 0.3) is 0 Å². The molecule has 2 rings (SSSR count). The lowest BCUT2D eigenvalue weighted by Gasteiger charge is -2.02. The Labute approximate surface area is 92.9 Å². The molecule has 14 heavy (non-hydrogen) atoms. The van der Waals surface area contributed by atoms with Crippen molar-refractivity contribution < 1.29 is 0 Å². The van der Waals surface area contributed by atoms with Gasteiger partial charge < -0.3 is 0 Å². The van der Waals surface area contributed by atoms with E-state index >= 15 is 0 Å². The molecule has 0 saturated heterocycles. The number of hydrogen-bond donors (Lipinski definition) is 1. The SMILES string of the molecule is Cn1ccc(-c2cccc(S)c2Cl)n1. The minimum absolute atomic E-state index is 0.648. The summed E-state index contributed by atoms with van der Waals surface area (Å²) in [5.74, 6) is 0. The Balaban J connectivity index is 2.57. The third kappa shape index (κ3) is 1.65. The van der Waals surface area contributed by atoms with Crippen LogP contribution in [0.15, 0.2) is 35.4 Å². The monoisotopic (exact) mass is 224 g/mol. The predicted octanol–water partition coefficient (Wildman–Crippen LogP) is 3.03. The number of aromatic nitrogens is 2. The van der Waals surface area contributed by atoms with Crippen LogP contribution in [0.2, 0.25) is 5.02 Å². The molecule has 1 aromatic carbocycles. The van der Waals surface area contributed by atoms with E-state index in [0.717, 1.165) is 16.2 Å². The summed E-state index contributed by atoms with van der Waals surface area (Å²) in [7, 11) is 1.88. The van der Waals surface area contributed by atoms with Gasteiger partial charge in [-0.15, -0.1) is 12.6 Å². The van der Waals surface area contributed by atoms with Gasteiger partial charge in [-0.05, 0) is 12.1 Å². The minimum Gasteiger partial charge on any atom is -0.275 e. The normalized spacial score (nSPS) is 10.5. The van der Waals surface area contributed by atoms with Gasteiger partial charge in [-0.2, -0.15) is 5.10 Å². The Morgan fingerprint density at radius 1 is 1.36 bits per heavy atom. The molecule has 0 bridgehead atoms. The molecule has 0 atom stereocenters. The van der Waals surface area contributed by atoms with Crippen molar-refractivity contribution in [3.8, 4) is 11.3 Å². The van der Waals surface area contributed by atoms with Crippen LogP contribution in [-0.4, -0.2) is 9.78 Å². The van der Waals surface area contributed by atoms with E-state index in [9.17, 15) is 0 Å². The van der Waals surface area contributed by atoms with Crippen LogP contribution in [0.5, 0.6) is 0 Å². The van der Waals surface area contributed by atoms with E-state index in [4.69, 9.17) is 11.6 Å². The van der Waals surface area contributed by atoms with Crippen LogP contribution < -0.4 is 0 Å². The molecule has 0 aliphatic carbocycles. The first kappa shape index (κ1) is 9.62. The number of halogens is 1. The smallest absolute Gasteiger partial charge is 0.0938 e. The van der Waals surface area contributed by atoms with Crippen molar-refractivity contribution in [3.63, 3.8) is 0 Å². The fourth-order valence-electron chi connectivity index (χ4n) is 1.28. The second-order valence-corrected chi connectivity index (χ2v) is 3.87. The Bertz CT molecular complexity index is 465. The third-order valence-corrected chi connectivity index (χ3v) is 2.88. The quantitative estimate of drug-likeness (QED) is 0.738. The third-order valence-electron chi connectivity index (χ3n) is 1.97. The second kappa shape index (κ2) is 3.67. The minimum atomic E-state index is 0.648. The highest BCUT2D eigenvalue weighted by Gasteiger charge is 2.07. The number of rotatable bonds is 1. The zero-order valence-electron chi connectivity index (χ0n) is 7.61. The number of benzene rings is 1. The summed E-state index contributed by atoms with van der Waals surface area (Å²) >= 11 is 10.4. The number of hydrogen-bond acceptors (Lipinski definition) is 2. The summed E-state index contributed by atoms with van der Waals surface area (Å²) in [4.78, 5) is 0.773. The summed E-state index contributed by atoms with van der Waals surface area (Å²) in [6.07, 6.45) is 1.89. The van der Waals surface area contributed by atoms with E-state index in [1.165, 1.54) is 0 Å². The molecule has 1 aromatic heterocycles. The van der Waals surface area contributed by atoms with Crippen molar-refractivity contribution in [1.82, 2.24) is 9.78 Å². The number of aryl methyl sites for hydroxylation is 1. The molecule has 0 N–H and O–H groups in total.